The van der Waals surface area contributed by atoms with E-state index >= 15 is 0 Å². The average molecular weight is 548 g/mol. The molecule has 0 bridgehead atoms. The normalized spacial score (nSPS) is 22.5. The van der Waals surface area contributed by atoms with Gasteiger partial charge in [-0.3, -0.25) is 29.3 Å². The molecule has 38 heavy (non-hydrogen) atoms. The van der Waals surface area contributed by atoms with Crippen molar-refractivity contribution in [2.45, 2.75) is 49.1 Å². The van der Waals surface area contributed by atoms with Crippen molar-refractivity contribution in [3.05, 3.63) is 52.1 Å². The highest BCUT2D eigenvalue weighted by molar-refractivity contribution is 8.00. The minimum absolute atomic E-state index is 0.00742. The molecule has 15 heteroatoms. The van der Waals surface area contributed by atoms with E-state index in [0.29, 0.717) is 6.42 Å². The first-order valence-electron chi connectivity index (χ1n) is 11.9. The van der Waals surface area contributed by atoms with E-state index in [4.69, 9.17) is 4.74 Å². The zero-order valence-electron chi connectivity index (χ0n) is 20.0. The molecule has 14 nitrogen and oxygen atoms in total. The van der Waals surface area contributed by atoms with E-state index in [-0.39, 0.29) is 58.6 Å². The number of imide groups is 1. The number of unbranched alkanes of at least 4 members (excludes halogenated alkanes) is 1. The van der Waals surface area contributed by atoms with Crippen LogP contribution in [0.5, 0.6) is 0 Å². The van der Waals surface area contributed by atoms with Crippen molar-refractivity contribution in [1.29, 1.82) is 0 Å². The molecule has 5 amide bonds. The van der Waals surface area contributed by atoms with Crippen LogP contribution in [-0.4, -0.2) is 69.5 Å². The summed E-state index contributed by atoms with van der Waals surface area (Å²) in [5.74, 6) is -1.28. The molecular weight excluding hydrogens is 522 g/mol. The number of hydroxylamine groups is 2. The van der Waals surface area contributed by atoms with Gasteiger partial charge in [0.2, 0.25) is 5.91 Å². The molecule has 3 aliphatic heterocycles. The monoisotopic (exact) mass is 547 g/mol. The molecule has 3 aliphatic rings. The maximum Gasteiger partial charge on any atom is 0.534 e. The molecule has 0 aliphatic carbocycles. The molecule has 3 heterocycles. The molecular formula is C23H25N5O9S. The first-order chi connectivity index (χ1) is 18.2. The number of fused-ring (bicyclic) bond motifs is 1. The Morgan fingerprint density at radius 3 is 2.63 bits per heavy atom. The summed E-state index contributed by atoms with van der Waals surface area (Å²) >= 11 is 1.79. The summed E-state index contributed by atoms with van der Waals surface area (Å²) in [6, 6.07) is 5.56. The van der Waals surface area contributed by atoms with Gasteiger partial charge in [-0.15, -0.1) is 0 Å². The number of benzene rings is 1. The lowest BCUT2D eigenvalue weighted by atomic mass is 10.0. The summed E-state index contributed by atoms with van der Waals surface area (Å²) in [5, 5.41) is 20.4. The van der Waals surface area contributed by atoms with Crippen molar-refractivity contribution in [2.24, 2.45) is 0 Å². The van der Waals surface area contributed by atoms with E-state index < -0.39 is 29.0 Å². The van der Waals surface area contributed by atoms with Gasteiger partial charge in [0.1, 0.15) is 0 Å². The van der Waals surface area contributed by atoms with Gasteiger partial charge in [-0.1, -0.05) is 23.6 Å². The zero-order chi connectivity index (χ0) is 27.2. The molecule has 2 fully saturated rings. The van der Waals surface area contributed by atoms with E-state index in [1.54, 1.807) is 11.8 Å². The van der Waals surface area contributed by atoms with Gasteiger partial charge in [-0.25, -0.2) is 9.59 Å². The number of ether oxygens (including phenoxy) is 1. The van der Waals surface area contributed by atoms with Crippen LogP contribution in [0.3, 0.4) is 0 Å². The van der Waals surface area contributed by atoms with Crippen molar-refractivity contribution < 1.29 is 38.5 Å². The third kappa shape index (κ3) is 6.40. The van der Waals surface area contributed by atoms with Crippen molar-refractivity contribution in [3.63, 3.8) is 0 Å². The third-order valence-corrected chi connectivity index (χ3v) is 7.73. The predicted molar refractivity (Wildman–Crippen MR) is 131 cm³/mol. The van der Waals surface area contributed by atoms with E-state index in [1.807, 2.05) is 0 Å². The molecule has 4 atom stereocenters. The summed E-state index contributed by atoms with van der Waals surface area (Å²) in [6.07, 6.45) is 1.36. The Bertz CT molecular complexity index is 1160. The van der Waals surface area contributed by atoms with Gasteiger partial charge in [0.15, 0.2) is 6.10 Å². The number of nitro groups is 1. The quantitative estimate of drug-likeness (QED) is 0.0914. The second kappa shape index (κ2) is 11.9. The van der Waals surface area contributed by atoms with Gasteiger partial charge in [0.25, 0.3) is 17.5 Å². The Balaban J connectivity index is 1.29. The number of carbonyl (C=O) groups is 5. The van der Waals surface area contributed by atoms with Gasteiger partial charge in [-0.05, 0) is 18.9 Å². The Morgan fingerprint density at radius 2 is 1.89 bits per heavy atom. The Hall–Kier alpha value is -4.14. The Kier molecular flexibility index (Phi) is 8.45. The molecule has 3 N–H and O–H groups in total. The van der Waals surface area contributed by atoms with Crippen LogP contribution in [0.4, 0.5) is 15.3 Å². The summed E-state index contributed by atoms with van der Waals surface area (Å²) in [5.41, 5.74) is -0.359. The topological polar surface area (TPSA) is 186 Å². The standard InChI is InChI=1S/C23H25N5O9S/c29-18(8-4-3-7-17-21-14(12-38-17)25-22(32)26-21)24-11-16(13-5-1-2-6-15(13)28(34)35)36-23(33)37-27-19(30)9-10-20(27)31/h1-2,5-6,9-10,14,16-17,21H,3-4,7-8,11-12H2,(H,24,29)(H2,25,26,32). The SMILES string of the molecule is O=C(CCCCC1SCC2NC(=O)NC21)NCC(OC(=O)ON1C(=O)C=CC1=O)c1ccccc1[N+](=O)[O-]. The molecule has 4 rings (SSSR count). The van der Waals surface area contributed by atoms with Crippen LogP contribution in [-0.2, 0) is 24.0 Å². The number of rotatable bonds is 11. The highest BCUT2D eigenvalue weighted by atomic mass is 32.2. The number of nitrogens with one attached hydrogen (secondary N) is 3. The smallest absolute Gasteiger partial charge is 0.422 e. The summed E-state index contributed by atoms with van der Waals surface area (Å²) in [6.45, 7) is -0.307. The molecule has 4 unspecified atom stereocenters. The molecule has 1 aromatic rings. The largest absolute Gasteiger partial charge is 0.534 e. The lowest BCUT2D eigenvalue weighted by Gasteiger charge is -2.20. The van der Waals surface area contributed by atoms with Gasteiger partial charge in [-0.2, -0.15) is 11.8 Å². The van der Waals surface area contributed by atoms with Crippen LogP contribution >= 0.6 is 11.8 Å². The Labute approximate surface area is 220 Å². The second-order valence-electron chi connectivity index (χ2n) is 8.74. The predicted octanol–water partition coefficient (Wildman–Crippen LogP) is 1.47. The van der Waals surface area contributed by atoms with Crippen LogP contribution in [0.2, 0.25) is 0 Å². The lowest BCUT2D eigenvalue weighted by Crippen LogP contribution is -2.36. The van der Waals surface area contributed by atoms with Crippen molar-refractivity contribution in [1.82, 2.24) is 21.0 Å². The van der Waals surface area contributed by atoms with Crippen LogP contribution < -0.4 is 16.0 Å². The first-order valence-corrected chi connectivity index (χ1v) is 12.9. The molecule has 202 valence electrons. The second-order valence-corrected chi connectivity index (χ2v) is 10.0. The lowest BCUT2D eigenvalue weighted by molar-refractivity contribution is -0.386. The first kappa shape index (κ1) is 26.9. The number of para-hydroxylation sites is 1. The number of hydrogen-bond donors (Lipinski definition) is 3. The maximum absolute atomic E-state index is 12.5. The number of carbonyl (C=O) groups excluding carboxylic acids is 5. The maximum atomic E-state index is 12.5. The zero-order valence-corrected chi connectivity index (χ0v) is 20.8. The average Bonchev–Trinajstić information content (AvgIpc) is 3.54. The molecule has 0 radical (unpaired) electrons. The summed E-state index contributed by atoms with van der Waals surface area (Å²) < 4.78 is 5.18. The van der Waals surface area contributed by atoms with Crippen LogP contribution in [0.15, 0.2) is 36.4 Å². The third-order valence-electron chi connectivity index (χ3n) is 6.22. The van der Waals surface area contributed by atoms with Crippen molar-refractivity contribution >= 4 is 47.4 Å². The van der Waals surface area contributed by atoms with Gasteiger partial charge < -0.3 is 20.7 Å². The van der Waals surface area contributed by atoms with Crippen LogP contribution in [0.1, 0.15) is 37.4 Å². The fourth-order valence-electron chi connectivity index (χ4n) is 4.40. The van der Waals surface area contributed by atoms with Crippen LogP contribution in [0.25, 0.3) is 0 Å². The fraction of sp³-hybridized carbons (Fsp3) is 0.435. The number of nitro benzene ring substituents is 1. The van der Waals surface area contributed by atoms with E-state index in [9.17, 15) is 34.1 Å². The minimum Gasteiger partial charge on any atom is -0.422 e. The van der Waals surface area contributed by atoms with Gasteiger partial charge in [0.05, 0.1) is 29.1 Å². The highest BCUT2D eigenvalue weighted by Gasteiger charge is 2.42. The van der Waals surface area contributed by atoms with E-state index in [1.165, 1.54) is 24.3 Å². The van der Waals surface area contributed by atoms with Crippen molar-refractivity contribution in [3.8, 4) is 0 Å². The van der Waals surface area contributed by atoms with Gasteiger partial charge >= 0.3 is 12.2 Å². The molecule has 1 aromatic carbocycles. The Morgan fingerprint density at radius 1 is 1.16 bits per heavy atom. The number of urea groups is 1. The van der Waals surface area contributed by atoms with E-state index in [0.717, 1.165) is 30.7 Å². The number of thioether (sulfide) groups is 1. The molecule has 2 saturated heterocycles. The molecule has 0 aromatic heterocycles. The van der Waals surface area contributed by atoms with E-state index in [2.05, 4.69) is 20.8 Å². The molecule has 0 spiro atoms. The number of nitrogens with zero attached hydrogens (tertiary/aromatic N) is 2. The summed E-state index contributed by atoms with van der Waals surface area (Å²) in [7, 11) is 0. The highest BCUT2D eigenvalue weighted by Crippen LogP contribution is 2.33. The number of amides is 5. The minimum atomic E-state index is -1.45. The van der Waals surface area contributed by atoms with Crippen LogP contribution in [0, 0.1) is 10.1 Å². The number of hydrogen-bond acceptors (Lipinski definition) is 10. The fourth-order valence-corrected chi connectivity index (χ4v) is 5.94. The van der Waals surface area contributed by atoms with Crippen molar-refractivity contribution in [2.75, 3.05) is 12.3 Å². The summed E-state index contributed by atoms with van der Waals surface area (Å²) in [4.78, 5) is 75.0. The van der Waals surface area contributed by atoms with Gasteiger partial charge in [0, 0.05) is 35.6 Å². The molecule has 0 saturated carbocycles.